The van der Waals surface area contributed by atoms with E-state index in [4.69, 9.17) is 9.84 Å². The van der Waals surface area contributed by atoms with Crippen LogP contribution in [0.15, 0.2) is 23.1 Å². The molecule has 2 atom stereocenters. The summed E-state index contributed by atoms with van der Waals surface area (Å²) in [6, 6.07) is 2.96. The van der Waals surface area contributed by atoms with Gasteiger partial charge in [-0.2, -0.15) is 4.31 Å². The van der Waals surface area contributed by atoms with Gasteiger partial charge in [0.1, 0.15) is 17.2 Å². The zero-order valence-electron chi connectivity index (χ0n) is 13.6. The molecule has 0 amide bonds. The van der Waals surface area contributed by atoms with E-state index in [0.717, 1.165) is 0 Å². The minimum Gasteiger partial charge on any atom is -0.495 e. The van der Waals surface area contributed by atoms with Crippen molar-refractivity contribution in [3.63, 3.8) is 0 Å². The van der Waals surface area contributed by atoms with Gasteiger partial charge in [0.25, 0.3) is 0 Å². The maximum Gasteiger partial charge on any atom is 0.318 e. The van der Waals surface area contributed by atoms with Crippen LogP contribution in [-0.2, 0) is 24.7 Å². The number of benzene rings is 1. The first-order valence-corrected chi connectivity index (χ1v) is 10.5. The summed E-state index contributed by atoms with van der Waals surface area (Å²) in [6.45, 7) is 0.672. The van der Waals surface area contributed by atoms with Crippen LogP contribution in [0.3, 0.4) is 0 Å². The molecule has 1 aliphatic heterocycles. The van der Waals surface area contributed by atoms with Crippen molar-refractivity contribution in [3.05, 3.63) is 23.8 Å². The summed E-state index contributed by atoms with van der Waals surface area (Å²) >= 11 is 0. The van der Waals surface area contributed by atoms with Crippen molar-refractivity contribution in [3.8, 4) is 5.75 Å². The number of carbonyl (C=O) groups is 1. The van der Waals surface area contributed by atoms with E-state index in [1.165, 1.54) is 19.2 Å². The summed E-state index contributed by atoms with van der Waals surface area (Å²) in [5.41, 5.74) is 0.592. The molecule has 9 nitrogen and oxygen atoms in total. The maximum atomic E-state index is 13.0. The van der Waals surface area contributed by atoms with Gasteiger partial charge in [0.05, 0.1) is 30.8 Å². The van der Waals surface area contributed by atoms with Crippen molar-refractivity contribution in [1.82, 2.24) is 4.31 Å². The first-order valence-electron chi connectivity index (χ1n) is 7.24. The third kappa shape index (κ3) is 4.11. The third-order valence-electron chi connectivity index (χ3n) is 3.86. The molecule has 140 valence electrons. The summed E-state index contributed by atoms with van der Waals surface area (Å²) in [5, 5.41) is 19.1. The first-order chi connectivity index (χ1) is 11.5. The van der Waals surface area contributed by atoms with Gasteiger partial charge in [-0.05, 0) is 24.6 Å². The number of aliphatic hydroxyl groups excluding tert-OH is 1. The lowest BCUT2D eigenvalue weighted by atomic mass is 10.2. The lowest BCUT2D eigenvalue weighted by molar-refractivity contribution is -0.137. The van der Waals surface area contributed by atoms with Gasteiger partial charge in [-0.15, -0.1) is 0 Å². The van der Waals surface area contributed by atoms with E-state index in [0.29, 0.717) is 9.87 Å². The van der Waals surface area contributed by atoms with Gasteiger partial charge < -0.3 is 14.9 Å². The van der Waals surface area contributed by atoms with Crippen LogP contribution in [0, 0.1) is 6.92 Å². The van der Waals surface area contributed by atoms with Crippen LogP contribution in [0.1, 0.15) is 5.56 Å². The number of methoxy groups -OCH3 is 1. The van der Waals surface area contributed by atoms with E-state index in [-0.39, 0.29) is 10.6 Å². The average Bonchev–Trinajstić information content (AvgIpc) is 2.77. The summed E-state index contributed by atoms with van der Waals surface area (Å²) in [4.78, 5) is 10.9. The lowest BCUT2D eigenvalue weighted by Crippen LogP contribution is -2.48. The Labute approximate surface area is 145 Å². The summed E-state index contributed by atoms with van der Waals surface area (Å²) in [6.07, 6.45) is -1.50. The average molecular weight is 393 g/mol. The van der Waals surface area contributed by atoms with E-state index in [2.05, 4.69) is 0 Å². The number of aliphatic hydroxyl groups is 1. The molecule has 0 aliphatic carbocycles. The molecule has 1 aliphatic rings. The molecule has 0 aromatic heterocycles. The normalized spacial score (nSPS) is 22.9. The fourth-order valence-electron chi connectivity index (χ4n) is 2.71. The number of aryl methyl sites for hydroxylation is 1. The number of aliphatic carboxylic acids is 1. The Morgan fingerprint density at radius 1 is 1.36 bits per heavy atom. The number of hydrogen-bond acceptors (Lipinski definition) is 7. The van der Waals surface area contributed by atoms with Gasteiger partial charge >= 0.3 is 5.97 Å². The van der Waals surface area contributed by atoms with Gasteiger partial charge in [-0.1, -0.05) is 6.07 Å². The van der Waals surface area contributed by atoms with Crippen molar-refractivity contribution in [2.45, 2.75) is 24.0 Å². The van der Waals surface area contributed by atoms with E-state index in [1.807, 2.05) is 0 Å². The van der Waals surface area contributed by atoms with Crippen LogP contribution in [0.2, 0.25) is 0 Å². The molecule has 1 heterocycles. The van der Waals surface area contributed by atoms with Gasteiger partial charge in [0.2, 0.25) is 10.0 Å². The van der Waals surface area contributed by atoms with Crippen LogP contribution in [0.25, 0.3) is 0 Å². The fraction of sp³-hybridized carbons (Fsp3) is 0.500. The minimum absolute atomic E-state index is 0.00340. The Hall–Kier alpha value is -1.69. The van der Waals surface area contributed by atoms with Crippen LogP contribution in [-0.4, -0.2) is 74.6 Å². The topological polar surface area (TPSA) is 138 Å². The van der Waals surface area contributed by atoms with Gasteiger partial charge in [-0.3, -0.25) is 4.79 Å². The Kier molecular flexibility index (Phi) is 5.42. The first kappa shape index (κ1) is 19.6. The molecule has 1 aromatic rings. The number of nitrogens with zero attached hydrogens (tertiary/aromatic N) is 1. The highest BCUT2D eigenvalue weighted by Crippen LogP contribution is 2.31. The number of hydrogen-bond donors (Lipinski definition) is 2. The van der Waals surface area contributed by atoms with Crippen molar-refractivity contribution in [2.75, 3.05) is 25.2 Å². The Morgan fingerprint density at radius 2 is 2.00 bits per heavy atom. The van der Waals surface area contributed by atoms with Crippen molar-refractivity contribution in [1.29, 1.82) is 0 Å². The second-order valence-electron chi connectivity index (χ2n) is 5.81. The van der Waals surface area contributed by atoms with E-state index in [1.54, 1.807) is 13.0 Å². The molecule has 2 N–H and O–H groups in total. The minimum atomic E-state index is -4.42. The molecule has 1 fully saturated rings. The van der Waals surface area contributed by atoms with Crippen LogP contribution in [0.5, 0.6) is 5.75 Å². The molecule has 11 heteroatoms. The number of sulfonamides is 1. The standard InChI is InChI=1S/C14H19NO8S2/c1-9-3-4-12(23-2)13(5-9)25(21,22)15(6-14(17)18)10-7-24(19,20)8-11(10)16/h3-5,10-11,16H,6-8H2,1-2H3,(H,17,18)/t10-,11-/m0/s1. The van der Waals surface area contributed by atoms with Crippen molar-refractivity contribution < 1.29 is 36.6 Å². The molecule has 0 spiro atoms. The van der Waals surface area contributed by atoms with E-state index >= 15 is 0 Å². The summed E-state index contributed by atoms with van der Waals surface area (Å²) < 4.78 is 55.1. The monoisotopic (exact) mass is 393 g/mol. The van der Waals surface area contributed by atoms with Crippen LogP contribution < -0.4 is 4.74 Å². The number of rotatable bonds is 6. The van der Waals surface area contributed by atoms with E-state index in [9.17, 15) is 26.7 Å². The molecular weight excluding hydrogens is 374 g/mol. The highest BCUT2D eigenvalue weighted by molar-refractivity contribution is 7.92. The molecule has 0 radical (unpaired) electrons. The van der Waals surface area contributed by atoms with Crippen LogP contribution in [0.4, 0.5) is 0 Å². The summed E-state index contributed by atoms with van der Waals surface area (Å²) in [7, 11) is -6.83. The zero-order chi connectivity index (χ0) is 19.0. The predicted molar refractivity (Wildman–Crippen MR) is 87.7 cm³/mol. The molecule has 0 unspecified atom stereocenters. The zero-order valence-corrected chi connectivity index (χ0v) is 15.2. The molecular formula is C14H19NO8S2. The quantitative estimate of drug-likeness (QED) is 0.643. The Morgan fingerprint density at radius 3 is 2.48 bits per heavy atom. The van der Waals surface area contributed by atoms with Crippen LogP contribution >= 0.6 is 0 Å². The Bertz CT molecular complexity index is 878. The number of carboxylic acids is 1. The number of ether oxygens (including phenoxy) is 1. The van der Waals surface area contributed by atoms with Gasteiger partial charge in [0, 0.05) is 0 Å². The molecule has 0 saturated carbocycles. The van der Waals surface area contributed by atoms with Crippen molar-refractivity contribution in [2.24, 2.45) is 0 Å². The largest absolute Gasteiger partial charge is 0.495 e. The number of sulfone groups is 1. The fourth-order valence-corrected chi connectivity index (χ4v) is 6.45. The molecule has 1 saturated heterocycles. The highest BCUT2D eigenvalue weighted by Gasteiger charge is 2.46. The third-order valence-corrected chi connectivity index (χ3v) is 7.45. The van der Waals surface area contributed by atoms with Crippen molar-refractivity contribution >= 4 is 25.8 Å². The second-order valence-corrected chi connectivity index (χ2v) is 9.82. The smallest absolute Gasteiger partial charge is 0.318 e. The summed E-state index contributed by atoms with van der Waals surface area (Å²) in [5.74, 6) is -2.73. The predicted octanol–water partition coefficient (Wildman–Crippen LogP) is -0.763. The molecule has 25 heavy (non-hydrogen) atoms. The lowest BCUT2D eigenvalue weighted by Gasteiger charge is -2.28. The second kappa shape index (κ2) is 6.90. The number of carboxylic acid groups (broad SMARTS) is 1. The SMILES string of the molecule is COc1ccc(C)cc1S(=O)(=O)N(CC(=O)O)[C@H]1CS(=O)(=O)C[C@@H]1O. The molecule has 0 bridgehead atoms. The molecule has 1 aromatic carbocycles. The van der Waals surface area contributed by atoms with Gasteiger partial charge in [0.15, 0.2) is 9.84 Å². The van der Waals surface area contributed by atoms with Gasteiger partial charge in [-0.25, -0.2) is 16.8 Å². The molecule has 2 rings (SSSR count). The maximum absolute atomic E-state index is 13.0. The van der Waals surface area contributed by atoms with E-state index < -0.39 is 56.0 Å². The Balaban J connectivity index is 2.58. The highest BCUT2D eigenvalue weighted by atomic mass is 32.2.